The zero-order valence-corrected chi connectivity index (χ0v) is 16.6. The van der Waals surface area contributed by atoms with Gasteiger partial charge in [-0.1, -0.05) is 6.92 Å². The lowest BCUT2D eigenvalue weighted by atomic mass is 10.0. The van der Waals surface area contributed by atoms with E-state index in [4.69, 9.17) is 9.73 Å². The summed E-state index contributed by atoms with van der Waals surface area (Å²) in [4.78, 5) is 9.86. The molecule has 2 fully saturated rings. The van der Waals surface area contributed by atoms with Gasteiger partial charge in [0.15, 0.2) is 5.96 Å². The third-order valence-corrected chi connectivity index (χ3v) is 5.21. The van der Waals surface area contributed by atoms with Gasteiger partial charge >= 0.3 is 0 Å². The van der Waals surface area contributed by atoms with Crippen LogP contribution >= 0.6 is 0 Å². The zero-order valence-electron chi connectivity index (χ0n) is 16.6. The molecule has 2 aliphatic heterocycles. The minimum Gasteiger partial charge on any atom is -0.379 e. The molecular formula is C19H39N5O. The Morgan fingerprint density at radius 3 is 2.76 bits per heavy atom. The lowest BCUT2D eigenvalue weighted by Crippen LogP contribution is -2.44. The molecule has 2 saturated heterocycles. The van der Waals surface area contributed by atoms with Crippen molar-refractivity contribution in [2.45, 2.75) is 46.1 Å². The van der Waals surface area contributed by atoms with Crippen LogP contribution in [0.3, 0.4) is 0 Å². The largest absolute Gasteiger partial charge is 0.379 e. The molecule has 0 aliphatic carbocycles. The summed E-state index contributed by atoms with van der Waals surface area (Å²) in [6.45, 7) is 17.0. The van der Waals surface area contributed by atoms with Crippen LogP contribution in [0, 0.1) is 5.92 Å². The molecule has 0 saturated carbocycles. The van der Waals surface area contributed by atoms with Gasteiger partial charge in [0, 0.05) is 38.8 Å². The summed E-state index contributed by atoms with van der Waals surface area (Å²) in [5, 5.41) is 6.87. The molecule has 0 aromatic carbocycles. The average molecular weight is 354 g/mol. The van der Waals surface area contributed by atoms with Crippen LogP contribution in [0.1, 0.15) is 40.0 Å². The summed E-state index contributed by atoms with van der Waals surface area (Å²) in [5.74, 6) is 1.82. The predicted molar refractivity (Wildman–Crippen MR) is 105 cm³/mol. The van der Waals surface area contributed by atoms with Crippen molar-refractivity contribution in [2.75, 3.05) is 65.6 Å². The van der Waals surface area contributed by atoms with Crippen LogP contribution < -0.4 is 10.6 Å². The molecule has 0 amide bonds. The molecule has 6 nitrogen and oxygen atoms in total. The van der Waals surface area contributed by atoms with Crippen molar-refractivity contribution in [3.8, 4) is 0 Å². The van der Waals surface area contributed by atoms with E-state index in [-0.39, 0.29) is 0 Å². The minimum atomic E-state index is 0.467. The monoisotopic (exact) mass is 353 g/mol. The molecular weight excluding hydrogens is 314 g/mol. The number of likely N-dealkylation sites (tertiary alicyclic amines) is 1. The SMILES string of the molecule is CCNC(=NCC(C)N1CCOCC1)NCCCN1CCCC(C)C1. The van der Waals surface area contributed by atoms with E-state index >= 15 is 0 Å². The number of hydrogen-bond donors (Lipinski definition) is 2. The van der Waals surface area contributed by atoms with Gasteiger partial charge in [0.1, 0.15) is 0 Å². The molecule has 6 heteroatoms. The highest BCUT2D eigenvalue weighted by atomic mass is 16.5. The number of aliphatic imine (C=N–C) groups is 1. The van der Waals surface area contributed by atoms with Gasteiger partial charge in [-0.05, 0) is 52.1 Å². The third-order valence-electron chi connectivity index (χ3n) is 5.21. The van der Waals surface area contributed by atoms with Crippen LogP contribution in [0.5, 0.6) is 0 Å². The summed E-state index contributed by atoms with van der Waals surface area (Å²) in [7, 11) is 0. The van der Waals surface area contributed by atoms with E-state index in [0.29, 0.717) is 6.04 Å². The molecule has 0 aromatic rings. The first-order valence-corrected chi connectivity index (χ1v) is 10.3. The summed E-state index contributed by atoms with van der Waals surface area (Å²) >= 11 is 0. The van der Waals surface area contributed by atoms with Crippen molar-refractivity contribution >= 4 is 5.96 Å². The number of hydrogen-bond acceptors (Lipinski definition) is 4. The van der Waals surface area contributed by atoms with E-state index in [1.165, 1.54) is 38.9 Å². The number of morpholine rings is 1. The van der Waals surface area contributed by atoms with Crippen molar-refractivity contribution in [3.63, 3.8) is 0 Å². The van der Waals surface area contributed by atoms with Gasteiger partial charge in [0.05, 0.1) is 19.8 Å². The van der Waals surface area contributed by atoms with Gasteiger partial charge in [-0.2, -0.15) is 0 Å². The first-order valence-electron chi connectivity index (χ1n) is 10.3. The third kappa shape index (κ3) is 7.92. The van der Waals surface area contributed by atoms with Crippen molar-refractivity contribution in [1.29, 1.82) is 0 Å². The highest BCUT2D eigenvalue weighted by Crippen LogP contribution is 2.15. The Balaban J connectivity index is 1.66. The van der Waals surface area contributed by atoms with E-state index in [2.05, 4.69) is 41.2 Å². The second-order valence-corrected chi connectivity index (χ2v) is 7.55. The number of ether oxygens (including phenoxy) is 1. The van der Waals surface area contributed by atoms with Gasteiger partial charge in [-0.15, -0.1) is 0 Å². The quantitative estimate of drug-likeness (QED) is 0.392. The first kappa shape index (κ1) is 20.5. The molecule has 2 aliphatic rings. The summed E-state index contributed by atoms with van der Waals surface area (Å²) in [5.41, 5.74) is 0. The molecule has 2 N–H and O–H groups in total. The molecule has 0 radical (unpaired) electrons. The Labute approximate surface area is 154 Å². The van der Waals surface area contributed by atoms with Crippen LogP contribution in [0.15, 0.2) is 4.99 Å². The van der Waals surface area contributed by atoms with E-state index < -0.39 is 0 Å². The van der Waals surface area contributed by atoms with Gasteiger partial charge in [0.25, 0.3) is 0 Å². The van der Waals surface area contributed by atoms with Gasteiger partial charge < -0.3 is 20.3 Å². The number of rotatable bonds is 8. The molecule has 146 valence electrons. The van der Waals surface area contributed by atoms with Crippen molar-refractivity contribution in [1.82, 2.24) is 20.4 Å². The fraction of sp³-hybridized carbons (Fsp3) is 0.947. The molecule has 0 bridgehead atoms. The maximum atomic E-state index is 5.43. The summed E-state index contributed by atoms with van der Waals surface area (Å²) in [6, 6.07) is 0.467. The van der Waals surface area contributed by atoms with Crippen molar-refractivity contribution in [2.24, 2.45) is 10.9 Å². The lowest BCUT2D eigenvalue weighted by Gasteiger charge is -2.31. The Bertz CT molecular complexity index is 384. The Hall–Kier alpha value is -0.850. The van der Waals surface area contributed by atoms with E-state index in [9.17, 15) is 0 Å². The van der Waals surface area contributed by atoms with Gasteiger partial charge in [-0.25, -0.2) is 0 Å². The van der Waals surface area contributed by atoms with E-state index in [0.717, 1.165) is 57.8 Å². The number of piperidine rings is 1. The van der Waals surface area contributed by atoms with Crippen LogP contribution in [-0.4, -0.2) is 87.4 Å². The molecule has 2 rings (SSSR count). The summed E-state index contributed by atoms with van der Waals surface area (Å²) < 4.78 is 5.43. The average Bonchev–Trinajstić information content (AvgIpc) is 2.63. The molecule has 0 aromatic heterocycles. The van der Waals surface area contributed by atoms with Crippen LogP contribution in [0.25, 0.3) is 0 Å². The number of nitrogens with zero attached hydrogens (tertiary/aromatic N) is 3. The molecule has 0 spiro atoms. The molecule has 2 unspecified atom stereocenters. The highest BCUT2D eigenvalue weighted by molar-refractivity contribution is 5.79. The standard InChI is InChI=1S/C19H39N5O/c1-4-20-19(22-15-18(3)24-11-13-25-14-12-24)21-8-6-10-23-9-5-7-17(2)16-23/h17-18H,4-16H2,1-3H3,(H2,20,21,22). The highest BCUT2D eigenvalue weighted by Gasteiger charge is 2.17. The maximum absolute atomic E-state index is 5.43. The smallest absolute Gasteiger partial charge is 0.191 e. The summed E-state index contributed by atoms with van der Waals surface area (Å²) in [6.07, 6.45) is 3.93. The van der Waals surface area contributed by atoms with Gasteiger partial charge in [0.2, 0.25) is 0 Å². The number of guanidine groups is 1. The molecule has 25 heavy (non-hydrogen) atoms. The number of nitrogens with one attached hydrogen (secondary N) is 2. The normalized spacial score (nSPS) is 24.9. The van der Waals surface area contributed by atoms with E-state index in [1.807, 2.05) is 0 Å². The lowest BCUT2D eigenvalue weighted by molar-refractivity contribution is 0.0220. The van der Waals surface area contributed by atoms with Crippen molar-refractivity contribution < 1.29 is 4.74 Å². The molecule has 2 heterocycles. The van der Waals surface area contributed by atoms with Crippen LogP contribution in [-0.2, 0) is 4.74 Å². The Kier molecular flexibility index (Phi) is 9.58. The second-order valence-electron chi connectivity index (χ2n) is 7.55. The van der Waals surface area contributed by atoms with Crippen molar-refractivity contribution in [3.05, 3.63) is 0 Å². The Morgan fingerprint density at radius 1 is 1.24 bits per heavy atom. The molecule has 2 atom stereocenters. The predicted octanol–water partition coefficient (Wildman–Crippen LogP) is 1.38. The van der Waals surface area contributed by atoms with Crippen LogP contribution in [0.4, 0.5) is 0 Å². The van der Waals surface area contributed by atoms with Crippen LogP contribution in [0.2, 0.25) is 0 Å². The topological polar surface area (TPSA) is 52.1 Å². The zero-order chi connectivity index (χ0) is 17.9. The van der Waals surface area contributed by atoms with E-state index in [1.54, 1.807) is 0 Å². The first-order chi connectivity index (χ1) is 12.2. The fourth-order valence-electron chi connectivity index (χ4n) is 3.70. The second kappa shape index (κ2) is 11.7. The fourth-order valence-corrected chi connectivity index (χ4v) is 3.70. The minimum absolute atomic E-state index is 0.467. The Morgan fingerprint density at radius 2 is 2.04 bits per heavy atom. The maximum Gasteiger partial charge on any atom is 0.191 e. The van der Waals surface area contributed by atoms with Gasteiger partial charge in [-0.3, -0.25) is 9.89 Å².